The molecule has 6 nitrogen and oxygen atoms in total. The highest BCUT2D eigenvalue weighted by molar-refractivity contribution is 7.89. The van der Waals surface area contributed by atoms with Crippen molar-refractivity contribution in [1.29, 1.82) is 0 Å². The van der Waals surface area contributed by atoms with Crippen molar-refractivity contribution in [3.63, 3.8) is 0 Å². The van der Waals surface area contributed by atoms with Gasteiger partial charge in [-0.15, -0.1) is 0 Å². The Morgan fingerprint density at radius 3 is 2.25 bits per heavy atom. The molecule has 0 aliphatic rings. The first-order valence-corrected chi connectivity index (χ1v) is 8.12. The van der Waals surface area contributed by atoms with Gasteiger partial charge >= 0.3 is 0 Å². The maximum Gasteiger partial charge on any atom is 0.240 e. The number of likely N-dealkylation sites (N-methyl/N-ethyl adjacent to an activating group) is 1. The molecule has 0 radical (unpaired) electrons. The Morgan fingerprint density at radius 1 is 1.15 bits per heavy atom. The zero-order valence-electron chi connectivity index (χ0n) is 12.3. The van der Waals surface area contributed by atoms with Crippen LogP contribution in [0.1, 0.15) is 13.3 Å². The second-order valence-electron chi connectivity index (χ2n) is 5.06. The molecule has 1 aromatic rings. The molecule has 0 heterocycles. The molecule has 0 aromatic heterocycles. The van der Waals surface area contributed by atoms with Crippen LogP contribution in [0, 0.1) is 0 Å². The number of nitrogens with two attached hydrogens (primary N) is 2. The van der Waals surface area contributed by atoms with Gasteiger partial charge in [-0.1, -0.05) is 6.92 Å². The van der Waals surface area contributed by atoms with E-state index in [1.165, 1.54) is 6.07 Å². The number of sulfonamides is 1. The molecule has 0 amide bonds. The Bertz CT molecular complexity index is 543. The van der Waals surface area contributed by atoms with Gasteiger partial charge in [-0.25, -0.2) is 13.6 Å². The second-order valence-corrected chi connectivity index (χ2v) is 6.59. The van der Waals surface area contributed by atoms with E-state index >= 15 is 0 Å². The summed E-state index contributed by atoms with van der Waals surface area (Å²) in [7, 11) is 0.267. The van der Waals surface area contributed by atoms with E-state index in [2.05, 4.69) is 16.7 Å². The predicted octanol–water partition coefficient (Wildman–Crippen LogP) is 0.694. The summed E-state index contributed by atoms with van der Waals surface area (Å²) in [6, 6.07) is 4.89. The van der Waals surface area contributed by atoms with Crippen LogP contribution in [0.15, 0.2) is 23.1 Å². The highest BCUT2D eigenvalue weighted by atomic mass is 32.2. The fraction of sp³-hybridized carbons (Fsp3) is 0.538. The van der Waals surface area contributed by atoms with Crippen molar-refractivity contribution in [1.82, 2.24) is 4.90 Å². The van der Waals surface area contributed by atoms with E-state index in [4.69, 9.17) is 10.9 Å². The summed E-state index contributed by atoms with van der Waals surface area (Å²) in [6.45, 7) is 4.76. The van der Waals surface area contributed by atoms with Gasteiger partial charge in [0.25, 0.3) is 0 Å². The number of benzene rings is 1. The Hall–Kier alpha value is -1.31. The van der Waals surface area contributed by atoms with Crippen LogP contribution < -0.4 is 15.8 Å². The lowest BCUT2D eigenvalue weighted by Crippen LogP contribution is -2.32. The normalized spacial score (nSPS) is 11.8. The molecule has 0 unspecified atom stereocenters. The number of primary sulfonamides is 1. The molecule has 0 saturated heterocycles. The van der Waals surface area contributed by atoms with Crippen LogP contribution in [-0.4, -0.2) is 47.0 Å². The summed E-state index contributed by atoms with van der Waals surface area (Å²) in [5.74, 6) is 0. The molecule has 0 spiro atoms. The SMILES string of the molecule is CCCN(CCN(C)C)c1ccc(S(N)(=O)=O)c(N)c1. The summed E-state index contributed by atoms with van der Waals surface area (Å²) >= 11 is 0. The third-order valence-corrected chi connectivity index (χ3v) is 3.96. The van der Waals surface area contributed by atoms with Gasteiger partial charge in [0, 0.05) is 25.3 Å². The van der Waals surface area contributed by atoms with Crippen molar-refractivity contribution < 1.29 is 8.42 Å². The van der Waals surface area contributed by atoms with Gasteiger partial charge in [0.05, 0.1) is 5.69 Å². The maximum atomic E-state index is 11.4. The minimum Gasteiger partial charge on any atom is -0.398 e. The summed E-state index contributed by atoms with van der Waals surface area (Å²) in [4.78, 5) is 4.26. The van der Waals surface area contributed by atoms with Crippen LogP contribution in [0.25, 0.3) is 0 Å². The van der Waals surface area contributed by atoms with Crippen molar-refractivity contribution >= 4 is 21.4 Å². The number of hydrogen-bond donors (Lipinski definition) is 2. The van der Waals surface area contributed by atoms with Gasteiger partial charge in [-0.2, -0.15) is 0 Å². The molecule has 0 atom stereocenters. The molecule has 1 aromatic carbocycles. The third-order valence-electron chi connectivity index (χ3n) is 2.98. The van der Waals surface area contributed by atoms with Crippen molar-refractivity contribution in [2.75, 3.05) is 44.4 Å². The number of anilines is 2. The number of hydrogen-bond acceptors (Lipinski definition) is 5. The number of nitrogen functional groups attached to an aromatic ring is 1. The molecule has 20 heavy (non-hydrogen) atoms. The van der Waals surface area contributed by atoms with Crippen molar-refractivity contribution in [3.05, 3.63) is 18.2 Å². The van der Waals surface area contributed by atoms with Gasteiger partial charge < -0.3 is 15.5 Å². The molecule has 0 fully saturated rings. The van der Waals surface area contributed by atoms with E-state index in [0.29, 0.717) is 0 Å². The Kier molecular flexibility index (Phi) is 5.79. The van der Waals surface area contributed by atoms with E-state index in [-0.39, 0.29) is 10.6 Å². The fourth-order valence-corrected chi connectivity index (χ4v) is 2.60. The van der Waals surface area contributed by atoms with Crippen molar-refractivity contribution in [2.24, 2.45) is 5.14 Å². The average molecular weight is 300 g/mol. The van der Waals surface area contributed by atoms with Gasteiger partial charge in [-0.05, 0) is 38.7 Å². The largest absolute Gasteiger partial charge is 0.398 e. The first-order valence-electron chi connectivity index (χ1n) is 6.57. The van der Waals surface area contributed by atoms with Crippen LogP contribution in [0.3, 0.4) is 0 Å². The quantitative estimate of drug-likeness (QED) is 0.723. The Balaban J connectivity index is 3.00. The van der Waals surface area contributed by atoms with E-state index in [1.54, 1.807) is 12.1 Å². The Morgan fingerprint density at radius 2 is 1.80 bits per heavy atom. The average Bonchev–Trinajstić information content (AvgIpc) is 2.32. The van der Waals surface area contributed by atoms with Crippen LogP contribution in [0.4, 0.5) is 11.4 Å². The molecule has 0 saturated carbocycles. The summed E-state index contributed by atoms with van der Waals surface area (Å²) in [5, 5.41) is 5.11. The van der Waals surface area contributed by atoms with E-state index in [9.17, 15) is 8.42 Å². The lowest BCUT2D eigenvalue weighted by Gasteiger charge is -2.26. The van der Waals surface area contributed by atoms with E-state index in [0.717, 1.165) is 31.7 Å². The van der Waals surface area contributed by atoms with Crippen LogP contribution in [0.2, 0.25) is 0 Å². The number of nitrogens with zero attached hydrogens (tertiary/aromatic N) is 2. The first-order chi connectivity index (χ1) is 9.25. The van der Waals surface area contributed by atoms with Crippen LogP contribution >= 0.6 is 0 Å². The molecular weight excluding hydrogens is 276 g/mol. The summed E-state index contributed by atoms with van der Waals surface area (Å²) in [5.41, 5.74) is 6.91. The smallest absolute Gasteiger partial charge is 0.240 e. The van der Waals surface area contributed by atoms with Gasteiger partial charge in [-0.3, -0.25) is 0 Å². The molecule has 0 aliphatic heterocycles. The monoisotopic (exact) mass is 300 g/mol. The molecular formula is C13H24N4O2S. The lowest BCUT2D eigenvalue weighted by molar-refractivity contribution is 0.413. The zero-order valence-corrected chi connectivity index (χ0v) is 13.2. The third kappa shape index (κ3) is 4.66. The van der Waals surface area contributed by atoms with Crippen molar-refractivity contribution in [2.45, 2.75) is 18.2 Å². The summed E-state index contributed by atoms with van der Waals surface area (Å²) in [6.07, 6.45) is 1.00. The van der Waals surface area contributed by atoms with E-state index in [1.807, 2.05) is 14.1 Å². The lowest BCUT2D eigenvalue weighted by atomic mass is 10.2. The minimum atomic E-state index is -3.77. The van der Waals surface area contributed by atoms with Crippen LogP contribution in [-0.2, 0) is 10.0 Å². The molecule has 0 bridgehead atoms. The fourth-order valence-electron chi connectivity index (χ4n) is 1.95. The van der Waals surface area contributed by atoms with E-state index < -0.39 is 10.0 Å². The number of rotatable bonds is 7. The Labute approximate surface area is 121 Å². The van der Waals surface area contributed by atoms with Gasteiger partial charge in [0.15, 0.2) is 0 Å². The van der Waals surface area contributed by atoms with Gasteiger partial charge in [0.1, 0.15) is 4.90 Å². The molecule has 0 aliphatic carbocycles. The zero-order chi connectivity index (χ0) is 15.3. The topological polar surface area (TPSA) is 92.7 Å². The molecule has 4 N–H and O–H groups in total. The molecule has 1 rings (SSSR count). The van der Waals surface area contributed by atoms with Crippen LogP contribution in [0.5, 0.6) is 0 Å². The molecule has 7 heteroatoms. The highest BCUT2D eigenvalue weighted by Crippen LogP contribution is 2.24. The van der Waals surface area contributed by atoms with Crippen molar-refractivity contribution in [3.8, 4) is 0 Å². The second kappa shape index (κ2) is 6.92. The standard InChI is InChI=1S/C13H24N4O2S/c1-4-7-17(9-8-16(2)3)11-5-6-13(12(14)10-11)20(15,18)19/h5-6,10H,4,7-9,14H2,1-3H3,(H2,15,18,19). The van der Waals surface area contributed by atoms with Gasteiger partial charge in [0.2, 0.25) is 10.0 Å². The summed E-state index contributed by atoms with van der Waals surface area (Å²) < 4.78 is 22.7. The maximum absolute atomic E-state index is 11.4. The predicted molar refractivity (Wildman–Crippen MR) is 83.3 cm³/mol. The molecule has 114 valence electrons. The first kappa shape index (κ1) is 16.7. The highest BCUT2D eigenvalue weighted by Gasteiger charge is 2.14. The minimum absolute atomic E-state index is 0.0229.